The van der Waals surface area contributed by atoms with Crippen molar-refractivity contribution in [2.45, 2.75) is 88.7 Å². The normalized spacial score (nSPS) is 33.5. The first-order valence-corrected chi connectivity index (χ1v) is 8.70. The second kappa shape index (κ2) is 6.05. The molecule has 1 amide bonds. The van der Waals surface area contributed by atoms with Gasteiger partial charge in [-0.05, 0) is 44.4 Å². The summed E-state index contributed by atoms with van der Waals surface area (Å²) in [6.07, 6.45) is 13.0. The van der Waals surface area contributed by atoms with E-state index in [9.17, 15) is 9.90 Å². The van der Waals surface area contributed by atoms with Crippen molar-refractivity contribution in [1.82, 2.24) is 4.90 Å². The Morgan fingerprint density at radius 1 is 1.00 bits per heavy atom. The van der Waals surface area contributed by atoms with Gasteiger partial charge in [-0.2, -0.15) is 0 Å². The van der Waals surface area contributed by atoms with E-state index in [4.69, 9.17) is 0 Å². The largest absolute Gasteiger partial charge is 0.389 e. The topological polar surface area (TPSA) is 40.5 Å². The van der Waals surface area contributed by atoms with Crippen LogP contribution in [0.2, 0.25) is 0 Å². The van der Waals surface area contributed by atoms with Crippen LogP contribution < -0.4 is 0 Å². The highest BCUT2D eigenvalue weighted by molar-refractivity contribution is 5.77. The molecule has 20 heavy (non-hydrogen) atoms. The molecule has 1 heterocycles. The van der Waals surface area contributed by atoms with Crippen LogP contribution in [0.5, 0.6) is 0 Å². The van der Waals surface area contributed by atoms with Gasteiger partial charge in [-0.3, -0.25) is 4.79 Å². The average Bonchev–Trinajstić information content (AvgIpc) is 2.47. The third-order valence-corrected chi connectivity index (χ3v) is 5.83. The second-order valence-corrected chi connectivity index (χ2v) is 7.30. The van der Waals surface area contributed by atoms with Gasteiger partial charge in [-0.25, -0.2) is 0 Å². The minimum atomic E-state index is -0.697. The third kappa shape index (κ3) is 3.03. The molecule has 2 aliphatic carbocycles. The number of likely N-dealkylation sites (tertiary alicyclic amines) is 1. The van der Waals surface area contributed by atoms with E-state index in [2.05, 4.69) is 4.90 Å². The summed E-state index contributed by atoms with van der Waals surface area (Å²) in [7, 11) is 0. The smallest absolute Gasteiger partial charge is 0.225 e. The van der Waals surface area contributed by atoms with Gasteiger partial charge in [0.25, 0.3) is 0 Å². The third-order valence-electron chi connectivity index (χ3n) is 5.83. The van der Waals surface area contributed by atoms with Crippen molar-refractivity contribution in [3.8, 4) is 0 Å². The molecule has 0 aromatic rings. The van der Waals surface area contributed by atoms with Gasteiger partial charge in [0, 0.05) is 12.6 Å². The van der Waals surface area contributed by atoms with Gasteiger partial charge in [0.2, 0.25) is 5.91 Å². The van der Waals surface area contributed by atoms with E-state index in [1.54, 1.807) is 0 Å². The second-order valence-electron chi connectivity index (χ2n) is 7.30. The van der Waals surface area contributed by atoms with Crippen molar-refractivity contribution in [2.24, 2.45) is 5.92 Å². The standard InChI is InChI=1S/C17H29NO2/c19-16(13-17(20)10-4-1-5-11-17)18-12-6-8-14-7-2-3-9-15(14)18/h14-15,20H,1-13H2. The highest BCUT2D eigenvalue weighted by atomic mass is 16.3. The van der Waals surface area contributed by atoms with Crippen LogP contribution in [0.4, 0.5) is 0 Å². The Bertz CT molecular complexity index is 347. The molecule has 2 saturated carbocycles. The molecule has 3 heteroatoms. The summed E-state index contributed by atoms with van der Waals surface area (Å²) in [5.74, 6) is 0.966. The van der Waals surface area contributed by atoms with E-state index in [0.717, 1.165) is 44.6 Å². The van der Waals surface area contributed by atoms with Crippen molar-refractivity contribution in [1.29, 1.82) is 0 Å². The molecule has 1 saturated heterocycles. The maximum absolute atomic E-state index is 12.7. The van der Waals surface area contributed by atoms with E-state index in [0.29, 0.717) is 12.5 Å². The zero-order valence-electron chi connectivity index (χ0n) is 12.6. The van der Waals surface area contributed by atoms with Crippen LogP contribution in [0.3, 0.4) is 0 Å². The van der Waals surface area contributed by atoms with Gasteiger partial charge in [0.05, 0.1) is 12.0 Å². The van der Waals surface area contributed by atoms with Crippen LogP contribution in [0.15, 0.2) is 0 Å². The fourth-order valence-electron chi connectivity index (χ4n) is 4.70. The molecule has 114 valence electrons. The minimum absolute atomic E-state index is 0.228. The van der Waals surface area contributed by atoms with Gasteiger partial charge in [0.1, 0.15) is 0 Å². The number of rotatable bonds is 2. The Labute approximate surface area is 122 Å². The number of carbonyl (C=O) groups excluding carboxylic acids is 1. The van der Waals surface area contributed by atoms with Crippen molar-refractivity contribution >= 4 is 5.91 Å². The maximum atomic E-state index is 12.7. The number of hydrogen-bond acceptors (Lipinski definition) is 2. The number of nitrogens with zero attached hydrogens (tertiary/aromatic N) is 1. The summed E-state index contributed by atoms with van der Waals surface area (Å²) in [5, 5.41) is 10.6. The quantitative estimate of drug-likeness (QED) is 0.843. The lowest BCUT2D eigenvalue weighted by molar-refractivity contribution is -0.144. The van der Waals surface area contributed by atoms with Crippen LogP contribution >= 0.6 is 0 Å². The summed E-state index contributed by atoms with van der Waals surface area (Å²) in [6.45, 7) is 0.927. The Balaban J connectivity index is 1.63. The lowest BCUT2D eigenvalue weighted by Crippen LogP contribution is -2.51. The van der Waals surface area contributed by atoms with E-state index in [-0.39, 0.29) is 5.91 Å². The van der Waals surface area contributed by atoms with E-state index >= 15 is 0 Å². The number of carbonyl (C=O) groups is 1. The van der Waals surface area contributed by atoms with Crippen LogP contribution in [-0.4, -0.2) is 34.1 Å². The molecule has 3 nitrogen and oxygen atoms in total. The number of amides is 1. The van der Waals surface area contributed by atoms with E-state index in [1.807, 2.05) is 0 Å². The van der Waals surface area contributed by atoms with Gasteiger partial charge in [-0.1, -0.05) is 32.1 Å². The molecule has 1 N–H and O–H groups in total. The summed E-state index contributed by atoms with van der Waals surface area (Å²) in [5.41, 5.74) is -0.697. The fraction of sp³-hybridized carbons (Fsp3) is 0.941. The number of fused-ring (bicyclic) bond motifs is 1. The van der Waals surface area contributed by atoms with Crippen molar-refractivity contribution in [3.63, 3.8) is 0 Å². The Morgan fingerprint density at radius 3 is 2.50 bits per heavy atom. The van der Waals surface area contributed by atoms with Gasteiger partial charge < -0.3 is 10.0 Å². The molecule has 1 aliphatic heterocycles. The highest BCUT2D eigenvalue weighted by Crippen LogP contribution is 2.37. The zero-order valence-corrected chi connectivity index (χ0v) is 12.6. The predicted octanol–water partition coefficient (Wildman–Crippen LogP) is 3.25. The Hall–Kier alpha value is -0.570. The van der Waals surface area contributed by atoms with Crippen LogP contribution in [0.1, 0.15) is 77.0 Å². The zero-order chi connectivity index (χ0) is 14.0. The summed E-state index contributed by atoms with van der Waals surface area (Å²) in [6, 6.07) is 0.484. The average molecular weight is 279 g/mol. The van der Waals surface area contributed by atoms with Gasteiger partial charge >= 0.3 is 0 Å². The maximum Gasteiger partial charge on any atom is 0.225 e. The highest BCUT2D eigenvalue weighted by Gasteiger charge is 2.39. The number of aliphatic hydroxyl groups is 1. The summed E-state index contributed by atoms with van der Waals surface area (Å²) < 4.78 is 0. The lowest BCUT2D eigenvalue weighted by atomic mass is 9.77. The molecule has 0 aromatic heterocycles. The van der Waals surface area contributed by atoms with Crippen molar-refractivity contribution < 1.29 is 9.90 Å². The summed E-state index contributed by atoms with van der Waals surface area (Å²) in [4.78, 5) is 14.8. The first-order valence-electron chi connectivity index (χ1n) is 8.70. The monoisotopic (exact) mass is 279 g/mol. The molecule has 2 unspecified atom stereocenters. The number of piperidine rings is 1. The molecule has 0 radical (unpaired) electrons. The van der Waals surface area contributed by atoms with Gasteiger partial charge in [0.15, 0.2) is 0 Å². The molecule has 3 rings (SSSR count). The minimum Gasteiger partial charge on any atom is -0.389 e. The Morgan fingerprint density at radius 2 is 1.70 bits per heavy atom. The SMILES string of the molecule is O=C(CC1(O)CCCCC1)N1CCCC2CCCCC21. The van der Waals surface area contributed by atoms with Crippen LogP contribution in [0.25, 0.3) is 0 Å². The molecule has 3 fully saturated rings. The fourth-order valence-corrected chi connectivity index (χ4v) is 4.70. The first kappa shape index (κ1) is 14.4. The first-order chi connectivity index (χ1) is 9.68. The van der Waals surface area contributed by atoms with E-state index in [1.165, 1.54) is 38.5 Å². The van der Waals surface area contributed by atoms with Crippen LogP contribution in [0, 0.1) is 5.92 Å². The lowest BCUT2D eigenvalue weighted by Gasteiger charge is -2.45. The number of hydrogen-bond donors (Lipinski definition) is 1. The Kier molecular flexibility index (Phi) is 4.34. The molecular weight excluding hydrogens is 250 g/mol. The molecule has 0 bridgehead atoms. The molecule has 3 aliphatic rings. The van der Waals surface area contributed by atoms with Crippen molar-refractivity contribution in [3.05, 3.63) is 0 Å². The van der Waals surface area contributed by atoms with E-state index < -0.39 is 5.60 Å². The van der Waals surface area contributed by atoms with Gasteiger partial charge in [-0.15, -0.1) is 0 Å². The molecule has 2 atom stereocenters. The molecule has 0 spiro atoms. The molecule has 0 aromatic carbocycles. The molecular formula is C17H29NO2. The predicted molar refractivity (Wildman–Crippen MR) is 79.3 cm³/mol. The summed E-state index contributed by atoms with van der Waals surface area (Å²) >= 11 is 0. The van der Waals surface area contributed by atoms with Crippen molar-refractivity contribution in [2.75, 3.05) is 6.54 Å². The van der Waals surface area contributed by atoms with Crippen LogP contribution in [-0.2, 0) is 4.79 Å².